The Balaban J connectivity index is 2.22. The van der Waals surface area contributed by atoms with Crippen molar-refractivity contribution in [3.63, 3.8) is 0 Å². The number of aliphatic hydroxyl groups excluding tert-OH is 1. The van der Waals surface area contributed by atoms with Gasteiger partial charge in [-0.1, -0.05) is 18.6 Å². The molecule has 3 N–H and O–H groups in total. The number of benzene rings is 1. The molecule has 0 heterocycles. The Hall–Kier alpha value is -0.950. The summed E-state index contributed by atoms with van der Waals surface area (Å²) in [6.07, 6.45) is 3.55. The van der Waals surface area contributed by atoms with Gasteiger partial charge in [0.1, 0.15) is 0 Å². The molecule has 1 saturated carbocycles. The van der Waals surface area contributed by atoms with E-state index in [-0.39, 0.29) is 19.2 Å². The molecule has 0 spiro atoms. The monoisotopic (exact) mass is 298 g/mol. The lowest BCUT2D eigenvalue weighted by atomic mass is 9.93. The molecule has 1 aliphatic rings. The summed E-state index contributed by atoms with van der Waals surface area (Å²) in [6, 6.07) is 6.90. The molecule has 0 atom stereocenters. The molecule has 1 aromatic carbocycles. The molecule has 20 heavy (non-hydrogen) atoms. The van der Waals surface area contributed by atoms with Gasteiger partial charge >= 0.3 is 0 Å². The zero-order valence-corrected chi connectivity index (χ0v) is 12.3. The van der Waals surface area contributed by atoms with Gasteiger partial charge in [0.25, 0.3) is 0 Å². The largest absolute Gasteiger partial charge is 0.395 e. The van der Waals surface area contributed by atoms with Crippen molar-refractivity contribution in [1.29, 1.82) is 0 Å². The smallest absolute Gasteiger partial charge is 0.243 e. The second-order valence-corrected chi connectivity index (χ2v) is 7.00. The van der Waals surface area contributed by atoms with Gasteiger partial charge in [0.15, 0.2) is 0 Å². The van der Waals surface area contributed by atoms with Crippen molar-refractivity contribution >= 4 is 10.0 Å². The zero-order chi connectivity index (χ0) is 14.6. The fraction of sp³-hybridized carbons (Fsp3) is 0.571. The van der Waals surface area contributed by atoms with Crippen LogP contribution in [0.25, 0.3) is 0 Å². The van der Waals surface area contributed by atoms with Crippen LogP contribution >= 0.6 is 0 Å². The fourth-order valence-corrected chi connectivity index (χ4v) is 4.08. The van der Waals surface area contributed by atoms with Crippen LogP contribution in [0.2, 0.25) is 0 Å². The Kier molecular flexibility index (Phi) is 5.15. The van der Waals surface area contributed by atoms with Crippen LogP contribution in [0.3, 0.4) is 0 Å². The van der Waals surface area contributed by atoms with Crippen molar-refractivity contribution < 1.29 is 13.5 Å². The summed E-state index contributed by atoms with van der Waals surface area (Å²) in [5.74, 6) is 0. The van der Waals surface area contributed by atoms with E-state index in [1.165, 1.54) is 4.31 Å². The first-order chi connectivity index (χ1) is 9.59. The molecule has 2 rings (SSSR count). The summed E-state index contributed by atoms with van der Waals surface area (Å²) in [6.45, 7) is 0.559. The van der Waals surface area contributed by atoms with Crippen LogP contribution < -0.4 is 5.73 Å². The highest BCUT2D eigenvalue weighted by atomic mass is 32.2. The normalized spacial score (nSPS) is 16.4. The molecule has 0 bridgehead atoms. The van der Waals surface area contributed by atoms with E-state index in [4.69, 9.17) is 10.8 Å². The molecule has 1 aromatic rings. The summed E-state index contributed by atoms with van der Waals surface area (Å²) in [7, 11) is -3.51. The van der Waals surface area contributed by atoms with Gasteiger partial charge in [-0.05, 0) is 43.5 Å². The molecule has 112 valence electrons. The van der Waals surface area contributed by atoms with E-state index >= 15 is 0 Å². The second kappa shape index (κ2) is 6.67. The summed E-state index contributed by atoms with van der Waals surface area (Å²) >= 11 is 0. The summed E-state index contributed by atoms with van der Waals surface area (Å²) in [5, 5.41) is 9.11. The number of aliphatic hydroxyl groups is 1. The van der Waals surface area contributed by atoms with Crippen LogP contribution in [0, 0.1) is 0 Å². The van der Waals surface area contributed by atoms with Gasteiger partial charge in [-0.25, -0.2) is 8.42 Å². The predicted octanol–water partition coefficient (Wildman–Crippen LogP) is 0.723. The highest BCUT2D eigenvalue weighted by molar-refractivity contribution is 7.89. The first-order valence-corrected chi connectivity index (χ1v) is 8.45. The minimum absolute atomic E-state index is 0.0378. The van der Waals surface area contributed by atoms with Gasteiger partial charge < -0.3 is 10.8 Å². The Morgan fingerprint density at radius 1 is 1.25 bits per heavy atom. The van der Waals surface area contributed by atoms with Crippen LogP contribution in [-0.4, -0.2) is 43.6 Å². The highest BCUT2D eigenvalue weighted by Crippen LogP contribution is 2.29. The number of hydrogen-bond donors (Lipinski definition) is 2. The molecule has 1 aliphatic carbocycles. The van der Waals surface area contributed by atoms with Crippen LogP contribution in [-0.2, 0) is 16.4 Å². The molecule has 0 saturated heterocycles. The van der Waals surface area contributed by atoms with Gasteiger partial charge in [-0.2, -0.15) is 4.31 Å². The Bertz CT molecular complexity index is 524. The average Bonchev–Trinajstić information content (AvgIpc) is 2.37. The van der Waals surface area contributed by atoms with Crippen LogP contribution in [0.15, 0.2) is 29.2 Å². The maximum absolute atomic E-state index is 12.6. The standard InChI is InChI=1S/C14H22N2O3S/c15-9-8-12-4-6-14(7-5-12)20(18,19)16(10-11-17)13-2-1-3-13/h4-7,13,17H,1-3,8-11,15H2. The third-order valence-electron chi connectivity index (χ3n) is 3.77. The maximum Gasteiger partial charge on any atom is 0.243 e. The minimum atomic E-state index is -3.51. The van der Waals surface area contributed by atoms with E-state index in [9.17, 15) is 8.42 Å². The number of nitrogens with zero attached hydrogens (tertiary/aromatic N) is 1. The van der Waals surface area contributed by atoms with Gasteiger partial charge in [-0.3, -0.25) is 0 Å². The van der Waals surface area contributed by atoms with Crippen molar-refractivity contribution in [3.8, 4) is 0 Å². The molecule has 6 heteroatoms. The van der Waals surface area contributed by atoms with Crippen LogP contribution in [0.1, 0.15) is 24.8 Å². The molecule has 1 fully saturated rings. The lowest BCUT2D eigenvalue weighted by molar-refractivity contribution is 0.178. The van der Waals surface area contributed by atoms with Crippen LogP contribution in [0.4, 0.5) is 0 Å². The zero-order valence-electron chi connectivity index (χ0n) is 11.5. The molecule has 0 amide bonds. The van der Waals surface area contributed by atoms with Crippen molar-refractivity contribution in [2.45, 2.75) is 36.6 Å². The van der Waals surface area contributed by atoms with Gasteiger partial charge in [0.05, 0.1) is 11.5 Å². The third-order valence-corrected chi connectivity index (χ3v) is 5.73. The van der Waals surface area contributed by atoms with Crippen molar-refractivity contribution in [2.24, 2.45) is 5.73 Å². The molecule has 5 nitrogen and oxygen atoms in total. The molecule has 0 radical (unpaired) electrons. The highest BCUT2D eigenvalue weighted by Gasteiger charge is 2.34. The maximum atomic E-state index is 12.6. The van der Waals surface area contributed by atoms with E-state index in [2.05, 4.69) is 0 Å². The van der Waals surface area contributed by atoms with Gasteiger partial charge in [-0.15, -0.1) is 0 Å². The number of nitrogens with two attached hydrogens (primary N) is 1. The molecule has 0 aromatic heterocycles. The topological polar surface area (TPSA) is 83.6 Å². The van der Waals surface area contributed by atoms with E-state index < -0.39 is 10.0 Å². The lowest BCUT2D eigenvalue weighted by Crippen LogP contribution is -2.45. The van der Waals surface area contributed by atoms with Gasteiger partial charge in [0.2, 0.25) is 10.0 Å². The number of sulfonamides is 1. The van der Waals surface area contributed by atoms with Crippen molar-refractivity contribution in [2.75, 3.05) is 19.7 Å². The number of rotatable bonds is 7. The Morgan fingerprint density at radius 3 is 2.35 bits per heavy atom. The van der Waals surface area contributed by atoms with Gasteiger partial charge in [0, 0.05) is 12.6 Å². The summed E-state index contributed by atoms with van der Waals surface area (Å²) in [4.78, 5) is 0.290. The molecular formula is C14H22N2O3S. The van der Waals surface area contributed by atoms with E-state index in [1.54, 1.807) is 24.3 Å². The second-order valence-electron chi connectivity index (χ2n) is 5.11. The SMILES string of the molecule is NCCc1ccc(S(=O)(=O)N(CCO)C2CCC2)cc1. The summed E-state index contributed by atoms with van der Waals surface area (Å²) in [5.41, 5.74) is 6.51. The Labute approximate surface area is 120 Å². The van der Waals surface area contributed by atoms with E-state index in [0.29, 0.717) is 11.4 Å². The lowest BCUT2D eigenvalue weighted by Gasteiger charge is -2.36. The van der Waals surface area contributed by atoms with E-state index in [1.807, 2.05) is 0 Å². The first kappa shape index (κ1) is 15.4. The minimum Gasteiger partial charge on any atom is -0.395 e. The van der Waals surface area contributed by atoms with Crippen molar-refractivity contribution in [1.82, 2.24) is 4.31 Å². The molecule has 0 aliphatic heterocycles. The average molecular weight is 298 g/mol. The quantitative estimate of drug-likeness (QED) is 0.777. The van der Waals surface area contributed by atoms with Crippen molar-refractivity contribution in [3.05, 3.63) is 29.8 Å². The molecule has 0 unspecified atom stereocenters. The fourth-order valence-electron chi connectivity index (χ4n) is 2.40. The molecular weight excluding hydrogens is 276 g/mol. The third kappa shape index (κ3) is 3.20. The van der Waals surface area contributed by atoms with Crippen LogP contribution in [0.5, 0.6) is 0 Å². The predicted molar refractivity (Wildman–Crippen MR) is 77.8 cm³/mol. The Morgan fingerprint density at radius 2 is 1.90 bits per heavy atom. The number of hydrogen-bond acceptors (Lipinski definition) is 4. The summed E-state index contributed by atoms with van der Waals surface area (Å²) < 4.78 is 26.7. The van der Waals surface area contributed by atoms with E-state index in [0.717, 1.165) is 31.2 Å². The first-order valence-electron chi connectivity index (χ1n) is 7.01.